The van der Waals surface area contributed by atoms with Gasteiger partial charge in [-0.25, -0.2) is 0 Å². The Hall–Kier alpha value is 0. The first-order valence-electron chi connectivity index (χ1n) is 5.66. The molecule has 72 valence electrons. The Kier molecular flexibility index (Phi) is 3.61. The minimum atomic E-state index is 0.894. The van der Waals surface area contributed by atoms with Gasteiger partial charge in [-0.3, -0.25) is 0 Å². The number of hydrogen-bond donors (Lipinski definition) is 0. The molecule has 0 nitrogen and oxygen atoms in total. The monoisotopic (exact) mass is 168 g/mol. The van der Waals surface area contributed by atoms with Crippen molar-refractivity contribution in [2.45, 2.75) is 53.4 Å². The third-order valence-electron chi connectivity index (χ3n) is 3.73. The zero-order valence-electron chi connectivity index (χ0n) is 9.14. The van der Waals surface area contributed by atoms with Gasteiger partial charge in [-0.2, -0.15) is 0 Å². The van der Waals surface area contributed by atoms with Crippen LogP contribution in [0.25, 0.3) is 0 Å². The summed E-state index contributed by atoms with van der Waals surface area (Å²) in [7, 11) is 0. The van der Waals surface area contributed by atoms with Crippen LogP contribution in [0.5, 0.6) is 0 Å². The summed E-state index contributed by atoms with van der Waals surface area (Å²) in [5, 5.41) is 0. The highest BCUT2D eigenvalue weighted by atomic mass is 14.4. The third-order valence-corrected chi connectivity index (χ3v) is 3.73. The van der Waals surface area contributed by atoms with Gasteiger partial charge in [0, 0.05) is 0 Å². The summed E-state index contributed by atoms with van der Waals surface area (Å²) >= 11 is 0. The summed E-state index contributed by atoms with van der Waals surface area (Å²) in [4.78, 5) is 0. The maximum absolute atomic E-state index is 2.45. The Balaban J connectivity index is 2.59. The predicted molar refractivity (Wildman–Crippen MR) is 55.1 cm³/mol. The van der Waals surface area contributed by atoms with Crippen LogP contribution in [-0.2, 0) is 0 Å². The molecule has 0 spiro atoms. The molecule has 1 saturated carbocycles. The highest BCUT2D eigenvalue weighted by Crippen LogP contribution is 2.40. The fraction of sp³-hybridized carbons (Fsp3) is 1.00. The van der Waals surface area contributed by atoms with E-state index in [0.29, 0.717) is 0 Å². The second-order valence-corrected chi connectivity index (χ2v) is 4.90. The average Bonchev–Trinajstić information content (AvgIpc) is 2.03. The molecule has 0 heteroatoms. The predicted octanol–water partition coefficient (Wildman–Crippen LogP) is 4.10. The van der Waals surface area contributed by atoms with Crippen molar-refractivity contribution in [2.24, 2.45) is 23.7 Å². The number of hydrogen-bond acceptors (Lipinski definition) is 0. The molecule has 3 atom stereocenters. The van der Waals surface area contributed by atoms with Gasteiger partial charge in [-0.15, -0.1) is 0 Å². The van der Waals surface area contributed by atoms with Crippen LogP contribution in [0.4, 0.5) is 0 Å². The van der Waals surface area contributed by atoms with Gasteiger partial charge >= 0.3 is 0 Å². The lowest BCUT2D eigenvalue weighted by Crippen LogP contribution is -2.30. The maximum Gasteiger partial charge on any atom is -0.0337 e. The van der Waals surface area contributed by atoms with Gasteiger partial charge in [-0.1, -0.05) is 53.4 Å². The Bertz CT molecular complexity index is 126. The molecule has 0 saturated heterocycles. The first kappa shape index (κ1) is 10.1. The van der Waals surface area contributed by atoms with Gasteiger partial charge in [-0.05, 0) is 23.7 Å². The van der Waals surface area contributed by atoms with Crippen LogP contribution >= 0.6 is 0 Å². The van der Waals surface area contributed by atoms with Crippen molar-refractivity contribution in [3.63, 3.8) is 0 Å². The fourth-order valence-electron chi connectivity index (χ4n) is 3.23. The van der Waals surface area contributed by atoms with E-state index < -0.39 is 0 Å². The lowest BCUT2D eigenvalue weighted by Gasteiger charge is -2.39. The molecule has 0 amide bonds. The molecule has 3 unspecified atom stereocenters. The summed E-state index contributed by atoms with van der Waals surface area (Å²) in [6.45, 7) is 9.61. The summed E-state index contributed by atoms with van der Waals surface area (Å²) in [6, 6.07) is 0. The first-order valence-corrected chi connectivity index (χ1v) is 5.66. The minimum absolute atomic E-state index is 0.894. The van der Waals surface area contributed by atoms with E-state index in [1.165, 1.54) is 25.7 Å². The third kappa shape index (κ3) is 2.02. The van der Waals surface area contributed by atoms with Crippen LogP contribution in [0.1, 0.15) is 53.4 Å². The largest absolute Gasteiger partial charge is 0.0651 e. The average molecular weight is 168 g/mol. The van der Waals surface area contributed by atoms with E-state index in [4.69, 9.17) is 0 Å². The van der Waals surface area contributed by atoms with Gasteiger partial charge in [0.2, 0.25) is 0 Å². The lowest BCUT2D eigenvalue weighted by atomic mass is 9.67. The molecule has 0 heterocycles. The standard InChI is InChI=1S/C12H24/c1-5-11-8-6-7-10(4)12(11)9(2)3/h9-12H,5-8H2,1-4H3. The van der Waals surface area contributed by atoms with Crippen molar-refractivity contribution in [1.29, 1.82) is 0 Å². The fourth-order valence-corrected chi connectivity index (χ4v) is 3.23. The quantitative estimate of drug-likeness (QED) is 0.582. The summed E-state index contributed by atoms with van der Waals surface area (Å²) in [5.41, 5.74) is 0. The minimum Gasteiger partial charge on any atom is -0.0651 e. The molecule has 1 rings (SSSR count). The van der Waals surface area contributed by atoms with Crippen molar-refractivity contribution in [3.05, 3.63) is 0 Å². The zero-order valence-corrected chi connectivity index (χ0v) is 9.14. The van der Waals surface area contributed by atoms with E-state index in [0.717, 1.165) is 23.7 Å². The highest BCUT2D eigenvalue weighted by molar-refractivity contribution is 4.81. The molecule has 0 bridgehead atoms. The van der Waals surface area contributed by atoms with E-state index in [2.05, 4.69) is 27.7 Å². The van der Waals surface area contributed by atoms with E-state index in [9.17, 15) is 0 Å². The normalized spacial score (nSPS) is 37.2. The molecule has 12 heavy (non-hydrogen) atoms. The van der Waals surface area contributed by atoms with Crippen LogP contribution in [0.2, 0.25) is 0 Å². The smallest absolute Gasteiger partial charge is 0.0337 e. The molecule has 0 radical (unpaired) electrons. The Morgan fingerprint density at radius 1 is 1.25 bits per heavy atom. The van der Waals surface area contributed by atoms with E-state index in [1.807, 2.05) is 0 Å². The van der Waals surface area contributed by atoms with Crippen molar-refractivity contribution in [1.82, 2.24) is 0 Å². The van der Waals surface area contributed by atoms with Crippen molar-refractivity contribution < 1.29 is 0 Å². The van der Waals surface area contributed by atoms with E-state index in [-0.39, 0.29) is 0 Å². The molecule has 0 aliphatic heterocycles. The van der Waals surface area contributed by atoms with Crippen LogP contribution in [0.15, 0.2) is 0 Å². The van der Waals surface area contributed by atoms with Gasteiger partial charge in [0.15, 0.2) is 0 Å². The van der Waals surface area contributed by atoms with Gasteiger partial charge < -0.3 is 0 Å². The Labute approximate surface area is 77.7 Å². The Morgan fingerprint density at radius 2 is 1.92 bits per heavy atom. The molecule has 0 aromatic carbocycles. The molecule has 1 fully saturated rings. The molecule has 0 aromatic rings. The second kappa shape index (κ2) is 4.30. The summed E-state index contributed by atoms with van der Waals surface area (Å²) < 4.78 is 0. The molecule has 0 N–H and O–H groups in total. The van der Waals surface area contributed by atoms with Gasteiger partial charge in [0.25, 0.3) is 0 Å². The van der Waals surface area contributed by atoms with Gasteiger partial charge in [0.05, 0.1) is 0 Å². The molecular weight excluding hydrogens is 144 g/mol. The van der Waals surface area contributed by atoms with Crippen molar-refractivity contribution in [2.75, 3.05) is 0 Å². The van der Waals surface area contributed by atoms with Crippen LogP contribution in [0, 0.1) is 23.7 Å². The van der Waals surface area contributed by atoms with Crippen LogP contribution in [-0.4, -0.2) is 0 Å². The lowest BCUT2D eigenvalue weighted by molar-refractivity contribution is 0.113. The van der Waals surface area contributed by atoms with Crippen LogP contribution in [0.3, 0.4) is 0 Å². The Morgan fingerprint density at radius 3 is 2.33 bits per heavy atom. The summed E-state index contributed by atoms with van der Waals surface area (Å²) in [6.07, 6.45) is 5.83. The van der Waals surface area contributed by atoms with E-state index in [1.54, 1.807) is 0 Å². The van der Waals surface area contributed by atoms with Crippen LogP contribution < -0.4 is 0 Å². The SMILES string of the molecule is CCC1CCCC(C)C1C(C)C. The molecule has 1 aliphatic carbocycles. The van der Waals surface area contributed by atoms with Crippen molar-refractivity contribution >= 4 is 0 Å². The highest BCUT2D eigenvalue weighted by Gasteiger charge is 2.31. The topological polar surface area (TPSA) is 0 Å². The first-order chi connectivity index (χ1) is 5.66. The van der Waals surface area contributed by atoms with Crippen molar-refractivity contribution in [3.8, 4) is 0 Å². The zero-order chi connectivity index (χ0) is 9.14. The molecular formula is C12H24. The second-order valence-electron chi connectivity index (χ2n) is 4.90. The number of rotatable bonds is 2. The van der Waals surface area contributed by atoms with E-state index >= 15 is 0 Å². The summed E-state index contributed by atoms with van der Waals surface area (Å²) in [5.74, 6) is 3.89. The maximum atomic E-state index is 2.45. The van der Waals surface area contributed by atoms with Gasteiger partial charge in [0.1, 0.15) is 0 Å². The molecule has 1 aliphatic rings. The molecule has 0 aromatic heterocycles.